The summed E-state index contributed by atoms with van der Waals surface area (Å²) in [6.45, 7) is 0.481. The number of anilines is 1. The summed E-state index contributed by atoms with van der Waals surface area (Å²) >= 11 is 0. The minimum absolute atomic E-state index is 0.151. The number of hydrogen-bond donors (Lipinski definition) is 2. The Labute approximate surface area is 138 Å². The number of sulfonamides is 1. The smallest absolute Gasteiger partial charge is 0.295 e. The van der Waals surface area contributed by atoms with Crippen LogP contribution in [0.25, 0.3) is 11.0 Å². The number of fused-ring (bicyclic) bond motifs is 2. The highest BCUT2D eigenvalue weighted by Crippen LogP contribution is 2.28. The Balaban J connectivity index is 1.74. The lowest BCUT2D eigenvalue weighted by Crippen LogP contribution is -2.32. The van der Waals surface area contributed by atoms with Crippen LogP contribution >= 0.6 is 0 Å². The van der Waals surface area contributed by atoms with E-state index >= 15 is 0 Å². The van der Waals surface area contributed by atoms with Crippen LogP contribution in [-0.4, -0.2) is 20.9 Å². The van der Waals surface area contributed by atoms with Crippen LogP contribution in [0.4, 0.5) is 5.69 Å². The van der Waals surface area contributed by atoms with Crippen LogP contribution in [0.3, 0.4) is 0 Å². The van der Waals surface area contributed by atoms with Gasteiger partial charge in [0.15, 0.2) is 0 Å². The highest BCUT2D eigenvalue weighted by molar-refractivity contribution is 7.92. The number of furan rings is 1. The molecule has 7 heteroatoms. The summed E-state index contributed by atoms with van der Waals surface area (Å²) in [5.74, 6) is -0.193. The van der Waals surface area contributed by atoms with Gasteiger partial charge in [-0.3, -0.25) is 9.52 Å². The Hall–Kier alpha value is -2.80. The van der Waals surface area contributed by atoms with E-state index in [1.165, 1.54) is 6.07 Å². The summed E-state index contributed by atoms with van der Waals surface area (Å²) in [6.07, 6.45) is 0.569. The van der Waals surface area contributed by atoms with E-state index in [-0.39, 0.29) is 11.0 Å². The Bertz CT molecular complexity index is 1020. The molecular weight excluding hydrogens is 328 g/mol. The van der Waals surface area contributed by atoms with Gasteiger partial charge in [0.2, 0.25) is 5.09 Å². The van der Waals surface area contributed by atoms with Crippen LogP contribution in [0.1, 0.15) is 15.9 Å². The molecule has 2 heterocycles. The predicted molar refractivity (Wildman–Crippen MR) is 89.5 cm³/mol. The Morgan fingerprint density at radius 2 is 1.92 bits per heavy atom. The van der Waals surface area contributed by atoms with Gasteiger partial charge in [-0.25, -0.2) is 0 Å². The molecule has 3 aromatic rings. The topological polar surface area (TPSA) is 88.4 Å². The van der Waals surface area contributed by atoms with Crippen molar-refractivity contribution in [1.82, 2.24) is 5.32 Å². The summed E-state index contributed by atoms with van der Waals surface area (Å²) in [5.41, 5.74) is 2.10. The van der Waals surface area contributed by atoms with Gasteiger partial charge in [-0.15, -0.1) is 0 Å². The van der Waals surface area contributed by atoms with Gasteiger partial charge in [-0.1, -0.05) is 24.3 Å². The molecule has 0 radical (unpaired) electrons. The van der Waals surface area contributed by atoms with E-state index in [4.69, 9.17) is 4.42 Å². The Morgan fingerprint density at radius 3 is 2.75 bits per heavy atom. The molecule has 6 nitrogen and oxygen atoms in total. The predicted octanol–water partition coefficient (Wildman–Crippen LogP) is 2.52. The average molecular weight is 342 g/mol. The highest BCUT2D eigenvalue weighted by atomic mass is 32.2. The van der Waals surface area contributed by atoms with Gasteiger partial charge in [-0.05, 0) is 30.2 Å². The summed E-state index contributed by atoms with van der Waals surface area (Å²) in [4.78, 5) is 11.9. The van der Waals surface area contributed by atoms with Crippen LogP contribution in [0.5, 0.6) is 0 Å². The van der Waals surface area contributed by atoms with Crippen molar-refractivity contribution in [3.05, 3.63) is 59.7 Å². The van der Waals surface area contributed by atoms with Crippen molar-refractivity contribution in [2.75, 3.05) is 11.3 Å². The number of para-hydroxylation sites is 1. The summed E-state index contributed by atoms with van der Waals surface area (Å²) in [5, 5.41) is 3.31. The van der Waals surface area contributed by atoms with Gasteiger partial charge in [0.05, 0.1) is 5.69 Å². The SMILES string of the molecule is O=C1NCCc2c(NS(=O)(=O)c3cc4ccccc4o3)cccc21. The molecular formula is C17H14N2O4S. The average Bonchev–Trinajstić information content (AvgIpc) is 3.01. The molecule has 0 atom stereocenters. The molecule has 122 valence electrons. The van der Waals surface area contributed by atoms with Gasteiger partial charge in [0.25, 0.3) is 15.9 Å². The number of hydrogen-bond acceptors (Lipinski definition) is 4. The Morgan fingerprint density at radius 1 is 1.08 bits per heavy atom. The van der Waals surface area contributed by atoms with Gasteiger partial charge >= 0.3 is 0 Å². The zero-order valence-electron chi connectivity index (χ0n) is 12.6. The van der Waals surface area contributed by atoms with Crippen LogP contribution in [0, 0.1) is 0 Å². The quantitative estimate of drug-likeness (QED) is 0.765. The van der Waals surface area contributed by atoms with Gasteiger partial charge < -0.3 is 9.73 Å². The zero-order chi connectivity index (χ0) is 16.7. The van der Waals surface area contributed by atoms with Crippen molar-refractivity contribution in [3.8, 4) is 0 Å². The minimum Gasteiger partial charge on any atom is -0.443 e. The van der Waals surface area contributed by atoms with Crippen molar-refractivity contribution in [2.45, 2.75) is 11.5 Å². The number of rotatable bonds is 3. The monoisotopic (exact) mass is 342 g/mol. The minimum atomic E-state index is -3.87. The van der Waals surface area contributed by atoms with E-state index in [0.717, 1.165) is 0 Å². The van der Waals surface area contributed by atoms with Gasteiger partial charge in [0, 0.05) is 23.6 Å². The zero-order valence-corrected chi connectivity index (χ0v) is 13.4. The van der Waals surface area contributed by atoms with Crippen LogP contribution in [0.2, 0.25) is 0 Å². The lowest BCUT2D eigenvalue weighted by atomic mass is 9.99. The summed E-state index contributed by atoms with van der Waals surface area (Å²) in [7, 11) is -3.87. The fourth-order valence-electron chi connectivity index (χ4n) is 2.85. The number of carbonyl (C=O) groups is 1. The first kappa shape index (κ1) is 14.8. The standard InChI is InChI=1S/C17H14N2O4S/c20-17-13-5-3-6-14(12(13)8-9-18-17)19-24(21,22)16-10-11-4-1-2-7-15(11)23-16/h1-7,10,19H,8-9H2,(H,18,20). The number of nitrogens with one attached hydrogen (secondary N) is 2. The second-order valence-corrected chi connectivity index (χ2v) is 7.16. The van der Waals surface area contributed by atoms with Gasteiger partial charge in [-0.2, -0.15) is 8.42 Å². The fraction of sp³-hybridized carbons (Fsp3) is 0.118. The summed E-state index contributed by atoms with van der Waals surface area (Å²) in [6, 6.07) is 13.6. The lowest BCUT2D eigenvalue weighted by Gasteiger charge is -2.19. The largest absolute Gasteiger partial charge is 0.443 e. The van der Waals surface area contributed by atoms with E-state index in [2.05, 4.69) is 10.0 Å². The highest BCUT2D eigenvalue weighted by Gasteiger charge is 2.24. The molecule has 0 unspecified atom stereocenters. The first-order chi connectivity index (χ1) is 11.5. The third-order valence-corrected chi connectivity index (χ3v) is 5.21. The molecule has 0 spiro atoms. The van der Waals surface area contributed by atoms with Crippen molar-refractivity contribution in [3.63, 3.8) is 0 Å². The maximum atomic E-state index is 12.6. The normalized spacial score (nSPS) is 14.2. The maximum Gasteiger partial charge on any atom is 0.295 e. The molecule has 1 aliphatic rings. The molecule has 1 amide bonds. The molecule has 0 fully saturated rings. The molecule has 0 saturated carbocycles. The van der Waals surface area contributed by atoms with E-state index in [1.807, 2.05) is 6.07 Å². The molecule has 24 heavy (non-hydrogen) atoms. The fourth-order valence-corrected chi connectivity index (χ4v) is 3.91. The van der Waals surface area contributed by atoms with E-state index in [0.29, 0.717) is 40.7 Å². The summed E-state index contributed by atoms with van der Waals surface area (Å²) < 4.78 is 33.2. The van der Waals surface area contributed by atoms with Crippen molar-refractivity contribution in [2.24, 2.45) is 0 Å². The molecule has 2 N–H and O–H groups in total. The molecule has 0 saturated heterocycles. The van der Waals surface area contributed by atoms with Gasteiger partial charge in [0.1, 0.15) is 5.58 Å². The third-order valence-electron chi connectivity index (χ3n) is 3.99. The van der Waals surface area contributed by atoms with E-state index in [9.17, 15) is 13.2 Å². The maximum absolute atomic E-state index is 12.6. The number of amides is 1. The lowest BCUT2D eigenvalue weighted by molar-refractivity contribution is 0.0946. The molecule has 1 aliphatic heterocycles. The van der Waals surface area contributed by atoms with E-state index in [1.54, 1.807) is 36.4 Å². The van der Waals surface area contributed by atoms with Crippen molar-refractivity contribution >= 4 is 32.6 Å². The van der Waals surface area contributed by atoms with Crippen LogP contribution in [0.15, 0.2) is 58.0 Å². The first-order valence-electron chi connectivity index (χ1n) is 7.46. The first-order valence-corrected chi connectivity index (χ1v) is 8.94. The molecule has 4 rings (SSSR count). The van der Waals surface area contributed by atoms with E-state index < -0.39 is 10.0 Å². The Kier molecular flexibility index (Phi) is 3.31. The van der Waals surface area contributed by atoms with Crippen molar-refractivity contribution < 1.29 is 17.6 Å². The molecule has 2 aromatic carbocycles. The second-order valence-electron chi connectivity index (χ2n) is 5.55. The molecule has 0 bridgehead atoms. The van der Waals surface area contributed by atoms with Crippen LogP contribution in [-0.2, 0) is 16.4 Å². The second kappa shape index (κ2) is 5.38. The number of carbonyl (C=O) groups excluding carboxylic acids is 1. The number of benzene rings is 2. The third kappa shape index (κ3) is 2.43. The van der Waals surface area contributed by atoms with Crippen molar-refractivity contribution in [1.29, 1.82) is 0 Å². The molecule has 0 aliphatic carbocycles. The molecule has 1 aromatic heterocycles. The van der Waals surface area contributed by atoms with Crippen LogP contribution < -0.4 is 10.0 Å².